The molecule has 6 heteroatoms. The van der Waals surface area contributed by atoms with Crippen LogP contribution in [0.4, 0.5) is 0 Å². The van der Waals surface area contributed by atoms with Gasteiger partial charge in [-0.2, -0.15) is 0 Å². The molecule has 1 atom stereocenters. The molecule has 1 unspecified atom stereocenters. The van der Waals surface area contributed by atoms with Crippen LogP contribution in [0.15, 0.2) is 0 Å². The first-order valence-electron chi connectivity index (χ1n) is 4.22. The van der Waals surface area contributed by atoms with E-state index in [-0.39, 0.29) is 11.7 Å². The molecule has 0 spiro atoms. The van der Waals surface area contributed by atoms with E-state index in [9.17, 15) is 4.79 Å². The van der Waals surface area contributed by atoms with E-state index in [0.717, 1.165) is 0 Å². The minimum atomic E-state index is -1.06. The first kappa shape index (κ1) is 10.6. The Morgan fingerprint density at radius 3 is 2.79 bits per heavy atom. The number of aromatic carboxylic acids is 1. The highest BCUT2D eigenvalue weighted by Crippen LogP contribution is 2.10. The highest BCUT2D eigenvalue weighted by molar-refractivity contribution is 5.86. The molecule has 0 bridgehead atoms. The van der Waals surface area contributed by atoms with Crippen LogP contribution in [-0.2, 0) is 4.74 Å². The van der Waals surface area contributed by atoms with E-state index in [1.165, 1.54) is 0 Å². The number of carboxylic acid groups (broad SMARTS) is 1. The Bertz CT molecular complexity index is 335. The highest BCUT2D eigenvalue weighted by Gasteiger charge is 2.17. The van der Waals surface area contributed by atoms with Crippen molar-refractivity contribution in [3.63, 3.8) is 0 Å². The highest BCUT2D eigenvalue weighted by atomic mass is 16.5. The van der Waals surface area contributed by atoms with Crippen molar-refractivity contribution in [3.8, 4) is 0 Å². The smallest absolute Gasteiger partial charge is 0.358 e. The molecule has 1 heterocycles. The molecule has 0 aliphatic rings. The summed E-state index contributed by atoms with van der Waals surface area (Å²) in [4.78, 5) is 10.7. The first-order chi connectivity index (χ1) is 6.57. The molecule has 14 heavy (non-hydrogen) atoms. The van der Waals surface area contributed by atoms with Crippen molar-refractivity contribution in [1.82, 2.24) is 15.0 Å². The van der Waals surface area contributed by atoms with Gasteiger partial charge in [-0.3, -0.25) is 0 Å². The van der Waals surface area contributed by atoms with E-state index >= 15 is 0 Å². The quantitative estimate of drug-likeness (QED) is 0.763. The molecule has 0 saturated heterocycles. The minimum Gasteiger partial charge on any atom is -0.476 e. The minimum absolute atomic E-state index is 0.00652. The van der Waals surface area contributed by atoms with Gasteiger partial charge in [0.1, 0.15) is 0 Å². The van der Waals surface area contributed by atoms with Crippen molar-refractivity contribution < 1.29 is 14.6 Å². The molecule has 0 amide bonds. The molecular weight excluding hydrogens is 186 g/mol. The summed E-state index contributed by atoms with van der Waals surface area (Å²) < 4.78 is 6.50. The lowest BCUT2D eigenvalue weighted by molar-refractivity contribution is 0.0689. The molecular formula is C8H13N3O3. The zero-order valence-electron chi connectivity index (χ0n) is 8.39. The molecule has 1 aromatic rings. The Labute approximate surface area is 81.5 Å². The van der Waals surface area contributed by atoms with Gasteiger partial charge in [-0.25, -0.2) is 9.48 Å². The van der Waals surface area contributed by atoms with Gasteiger partial charge in [-0.1, -0.05) is 5.21 Å². The lowest BCUT2D eigenvalue weighted by Gasteiger charge is -2.11. The summed E-state index contributed by atoms with van der Waals surface area (Å²) in [5.41, 5.74) is 0.537. The first-order valence-corrected chi connectivity index (χ1v) is 4.22. The summed E-state index contributed by atoms with van der Waals surface area (Å²) in [5, 5.41) is 16.1. The van der Waals surface area contributed by atoms with Crippen molar-refractivity contribution in [3.05, 3.63) is 11.4 Å². The second kappa shape index (κ2) is 4.19. The lowest BCUT2D eigenvalue weighted by atomic mass is 10.3. The Balaban J connectivity index is 2.94. The third kappa shape index (κ3) is 1.90. The largest absolute Gasteiger partial charge is 0.476 e. The third-order valence-corrected chi connectivity index (χ3v) is 1.96. The van der Waals surface area contributed by atoms with Crippen LogP contribution in [0.3, 0.4) is 0 Å². The molecule has 0 fully saturated rings. The van der Waals surface area contributed by atoms with Crippen LogP contribution in [0.1, 0.15) is 29.1 Å². The zero-order chi connectivity index (χ0) is 10.7. The summed E-state index contributed by atoms with van der Waals surface area (Å²) in [6.07, 6.45) is 0. The maximum Gasteiger partial charge on any atom is 0.358 e. The van der Waals surface area contributed by atoms with E-state index in [2.05, 4.69) is 10.3 Å². The molecule has 1 N–H and O–H groups in total. The second-order valence-corrected chi connectivity index (χ2v) is 3.08. The average Bonchev–Trinajstić information content (AvgIpc) is 2.47. The van der Waals surface area contributed by atoms with E-state index in [0.29, 0.717) is 12.3 Å². The van der Waals surface area contributed by atoms with Crippen molar-refractivity contribution in [2.24, 2.45) is 0 Å². The SMILES string of the molecule is COCC(C)n1nnc(C(=O)O)c1C. The van der Waals surface area contributed by atoms with Crippen LogP contribution in [0.2, 0.25) is 0 Å². The van der Waals surface area contributed by atoms with Crippen molar-refractivity contribution in [2.45, 2.75) is 19.9 Å². The van der Waals surface area contributed by atoms with Gasteiger partial charge in [-0.05, 0) is 13.8 Å². The predicted molar refractivity (Wildman–Crippen MR) is 48.3 cm³/mol. The number of methoxy groups -OCH3 is 1. The third-order valence-electron chi connectivity index (χ3n) is 1.96. The number of ether oxygens (including phenoxy) is 1. The summed E-state index contributed by atoms with van der Waals surface area (Å²) in [6.45, 7) is 4.04. The Hall–Kier alpha value is -1.43. The number of carbonyl (C=O) groups is 1. The molecule has 1 aromatic heterocycles. The molecule has 6 nitrogen and oxygen atoms in total. The fourth-order valence-electron chi connectivity index (χ4n) is 1.27. The molecule has 1 rings (SSSR count). The Morgan fingerprint density at radius 2 is 2.36 bits per heavy atom. The molecule has 0 aliphatic heterocycles. The normalized spacial score (nSPS) is 12.8. The standard InChI is InChI=1S/C8H13N3O3/c1-5(4-14-3)11-6(2)7(8(12)13)9-10-11/h5H,4H2,1-3H3,(H,12,13). The van der Waals surface area contributed by atoms with Crippen LogP contribution >= 0.6 is 0 Å². The predicted octanol–water partition coefficient (Wildman–Crippen LogP) is 0.492. The fraction of sp³-hybridized carbons (Fsp3) is 0.625. The van der Waals surface area contributed by atoms with Crippen molar-refractivity contribution in [1.29, 1.82) is 0 Å². The number of carboxylic acids is 1. The summed E-state index contributed by atoms with van der Waals surface area (Å²) in [5.74, 6) is -1.06. The lowest BCUT2D eigenvalue weighted by Crippen LogP contribution is -2.14. The number of hydrogen-bond donors (Lipinski definition) is 1. The molecule has 0 radical (unpaired) electrons. The van der Waals surface area contributed by atoms with Gasteiger partial charge in [0.15, 0.2) is 5.69 Å². The summed E-state index contributed by atoms with van der Waals surface area (Å²) in [7, 11) is 1.58. The number of hydrogen-bond acceptors (Lipinski definition) is 4. The molecule has 0 saturated carbocycles. The molecule has 78 valence electrons. The Kier molecular flexibility index (Phi) is 3.19. The number of aromatic nitrogens is 3. The van der Waals surface area contributed by atoms with Gasteiger partial charge in [0.25, 0.3) is 0 Å². The van der Waals surface area contributed by atoms with Crippen LogP contribution in [-0.4, -0.2) is 39.8 Å². The molecule has 0 aromatic carbocycles. The van der Waals surface area contributed by atoms with Gasteiger partial charge >= 0.3 is 5.97 Å². The van der Waals surface area contributed by atoms with Crippen molar-refractivity contribution >= 4 is 5.97 Å². The van der Waals surface area contributed by atoms with Crippen LogP contribution in [0.25, 0.3) is 0 Å². The van der Waals surface area contributed by atoms with E-state index in [4.69, 9.17) is 9.84 Å². The van der Waals surface area contributed by atoms with Gasteiger partial charge in [0.2, 0.25) is 0 Å². The van der Waals surface area contributed by atoms with Crippen LogP contribution in [0, 0.1) is 6.92 Å². The zero-order valence-corrected chi connectivity index (χ0v) is 8.39. The second-order valence-electron chi connectivity index (χ2n) is 3.08. The monoisotopic (exact) mass is 199 g/mol. The number of rotatable bonds is 4. The maximum atomic E-state index is 10.7. The molecule has 0 aliphatic carbocycles. The summed E-state index contributed by atoms with van der Waals surface area (Å²) in [6, 6.07) is -0.0133. The fourth-order valence-corrected chi connectivity index (χ4v) is 1.27. The van der Waals surface area contributed by atoms with Gasteiger partial charge in [0.05, 0.1) is 18.3 Å². The maximum absolute atomic E-state index is 10.7. The van der Waals surface area contributed by atoms with Gasteiger partial charge in [-0.15, -0.1) is 5.10 Å². The summed E-state index contributed by atoms with van der Waals surface area (Å²) >= 11 is 0. The van der Waals surface area contributed by atoms with E-state index in [1.54, 1.807) is 18.7 Å². The van der Waals surface area contributed by atoms with E-state index < -0.39 is 5.97 Å². The van der Waals surface area contributed by atoms with E-state index in [1.807, 2.05) is 6.92 Å². The van der Waals surface area contributed by atoms with Crippen LogP contribution in [0.5, 0.6) is 0 Å². The van der Waals surface area contributed by atoms with Crippen LogP contribution < -0.4 is 0 Å². The average molecular weight is 199 g/mol. The van der Waals surface area contributed by atoms with Gasteiger partial charge in [0, 0.05) is 7.11 Å². The van der Waals surface area contributed by atoms with Crippen molar-refractivity contribution in [2.75, 3.05) is 13.7 Å². The van der Waals surface area contributed by atoms with Gasteiger partial charge < -0.3 is 9.84 Å². The number of nitrogens with zero attached hydrogens (tertiary/aromatic N) is 3. The Morgan fingerprint density at radius 1 is 1.71 bits per heavy atom. The topological polar surface area (TPSA) is 77.2 Å².